The molecular weight excluding hydrogens is 374 g/mol. The summed E-state index contributed by atoms with van der Waals surface area (Å²) in [5.74, 6) is 0. The first-order chi connectivity index (χ1) is 15.3. The van der Waals surface area contributed by atoms with Crippen LogP contribution in [0, 0.1) is 0 Å². The van der Waals surface area contributed by atoms with Gasteiger partial charge in [0.25, 0.3) is 0 Å². The summed E-state index contributed by atoms with van der Waals surface area (Å²) in [5, 5.41) is 0. The van der Waals surface area contributed by atoms with Gasteiger partial charge in [0, 0.05) is 6.54 Å². The molecule has 0 amide bonds. The largest absolute Gasteiger partial charge is 0.355 e. The molecule has 0 bridgehead atoms. The predicted molar refractivity (Wildman–Crippen MR) is 144 cm³/mol. The lowest BCUT2D eigenvalue weighted by Gasteiger charge is -2.15. The van der Waals surface area contributed by atoms with Gasteiger partial charge in [-0.2, -0.15) is 0 Å². The molecule has 0 N–H and O–H groups in total. The normalized spacial score (nSPS) is 11.8. The van der Waals surface area contributed by atoms with E-state index in [-0.39, 0.29) is 0 Å². The van der Waals surface area contributed by atoms with Crippen LogP contribution in [0.1, 0.15) is 162 Å². The van der Waals surface area contributed by atoms with Gasteiger partial charge in [-0.15, -0.1) is 0 Å². The zero-order chi connectivity index (χ0) is 22.7. The molecule has 0 rings (SSSR count). The van der Waals surface area contributed by atoms with E-state index >= 15 is 0 Å². The van der Waals surface area contributed by atoms with E-state index in [4.69, 9.17) is 0 Å². The molecule has 0 aromatic heterocycles. The number of rotatable bonds is 25. The molecule has 0 heterocycles. The SMILES string of the molecule is CCC=CN(C=CCCCCCC)CCCCCCCCCCCCCCCCCC. The lowest BCUT2D eigenvalue weighted by molar-refractivity contribution is 0.461. The van der Waals surface area contributed by atoms with Gasteiger partial charge < -0.3 is 4.90 Å². The van der Waals surface area contributed by atoms with Gasteiger partial charge in [0.15, 0.2) is 0 Å². The lowest BCUT2D eigenvalue weighted by Crippen LogP contribution is -2.11. The number of unbranched alkanes of at least 4 members (excludes halogenated alkanes) is 19. The standard InChI is InChI=1S/C30H59N/c1-4-7-10-12-14-15-16-17-18-19-20-21-22-23-25-27-30-31(28-9-6-3)29-26-24-13-11-8-5-2/h9,26,28-29H,4-8,10-25,27,30H2,1-3H3. The number of allylic oxidation sites excluding steroid dienone is 2. The minimum absolute atomic E-state index is 1.12. The van der Waals surface area contributed by atoms with Crippen molar-refractivity contribution < 1.29 is 0 Å². The molecule has 31 heavy (non-hydrogen) atoms. The molecule has 1 heteroatoms. The molecule has 0 aliphatic carbocycles. The van der Waals surface area contributed by atoms with Crippen LogP contribution in [0.3, 0.4) is 0 Å². The maximum atomic E-state index is 2.41. The van der Waals surface area contributed by atoms with E-state index in [2.05, 4.69) is 50.2 Å². The van der Waals surface area contributed by atoms with Gasteiger partial charge in [0.2, 0.25) is 0 Å². The summed E-state index contributed by atoms with van der Waals surface area (Å²) in [6.45, 7) is 7.98. The molecule has 0 aromatic rings. The minimum Gasteiger partial charge on any atom is -0.355 e. The van der Waals surface area contributed by atoms with E-state index in [0.717, 1.165) is 6.42 Å². The molecule has 0 unspecified atom stereocenters. The summed E-state index contributed by atoms with van der Waals surface area (Å²) in [6.07, 6.45) is 40.1. The van der Waals surface area contributed by atoms with Crippen LogP contribution in [0.4, 0.5) is 0 Å². The van der Waals surface area contributed by atoms with Crippen LogP contribution >= 0.6 is 0 Å². The monoisotopic (exact) mass is 433 g/mol. The average Bonchev–Trinajstić information content (AvgIpc) is 2.78. The molecule has 0 aromatic carbocycles. The zero-order valence-electron chi connectivity index (χ0n) is 22.0. The van der Waals surface area contributed by atoms with Crippen molar-refractivity contribution in [3.05, 3.63) is 24.6 Å². The topological polar surface area (TPSA) is 3.24 Å². The summed E-state index contributed by atoms with van der Waals surface area (Å²) in [7, 11) is 0. The number of nitrogens with zero attached hydrogens (tertiary/aromatic N) is 1. The molecule has 0 aliphatic rings. The Kier molecular flexibility index (Phi) is 26.7. The second-order valence-corrected chi connectivity index (χ2v) is 9.57. The quantitative estimate of drug-likeness (QED) is 0.129. The molecule has 0 saturated heterocycles. The third kappa shape index (κ3) is 25.4. The van der Waals surface area contributed by atoms with Crippen molar-refractivity contribution in [2.45, 2.75) is 162 Å². The van der Waals surface area contributed by atoms with Crippen molar-refractivity contribution in [3.8, 4) is 0 Å². The highest BCUT2D eigenvalue weighted by atomic mass is 15.1. The van der Waals surface area contributed by atoms with E-state index < -0.39 is 0 Å². The maximum absolute atomic E-state index is 2.41. The van der Waals surface area contributed by atoms with Crippen LogP contribution < -0.4 is 0 Å². The van der Waals surface area contributed by atoms with Crippen LogP contribution in [0.5, 0.6) is 0 Å². The number of hydrogen-bond acceptors (Lipinski definition) is 1. The van der Waals surface area contributed by atoms with Crippen LogP contribution in [0.2, 0.25) is 0 Å². The van der Waals surface area contributed by atoms with E-state index in [1.165, 1.54) is 141 Å². The van der Waals surface area contributed by atoms with Crippen molar-refractivity contribution in [2.24, 2.45) is 0 Å². The van der Waals surface area contributed by atoms with Crippen molar-refractivity contribution in [2.75, 3.05) is 6.54 Å². The fraction of sp³-hybridized carbons (Fsp3) is 0.867. The Morgan fingerprint density at radius 1 is 0.419 bits per heavy atom. The maximum Gasteiger partial charge on any atom is 0.0219 e. The zero-order valence-corrected chi connectivity index (χ0v) is 22.0. The van der Waals surface area contributed by atoms with E-state index in [9.17, 15) is 0 Å². The van der Waals surface area contributed by atoms with Gasteiger partial charge in [0.1, 0.15) is 0 Å². The Labute approximate surface area is 198 Å². The molecular formula is C30H59N. The van der Waals surface area contributed by atoms with Crippen molar-refractivity contribution >= 4 is 0 Å². The summed E-state index contributed by atoms with van der Waals surface area (Å²) < 4.78 is 0. The smallest absolute Gasteiger partial charge is 0.0219 e. The van der Waals surface area contributed by atoms with Crippen molar-refractivity contribution in [1.29, 1.82) is 0 Å². The van der Waals surface area contributed by atoms with Crippen LogP contribution in [-0.4, -0.2) is 11.4 Å². The molecule has 184 valence electrons. The van der Waals surface area contributed by atoms with Gasteiger partial charge in [-0.05, 0) is 38.1 Å². The third-order valence-electron chi connectivity index (χ3n) is 6.32. The molecule has 0 radical (unpaired) electrons. The highest BCUT2D eigenvalue weighted by Crippen LogP contribution is 2.14. The second kappa shape index (κ2) is 27.3. The first kappa shape index (κ1) is 30.3. The third-order valence-corrected chi connectivity index (χ3v) is 6.32. The van der Waals surface area contributed by atoms with Gasteiger partial charge in [-0.1, -0.05) is 148 Å². The van der Waals surface area contributed by atoms with Crippen molar-refractivity contribution in [1.82, 2.24) is 4.90 Å². The predicted octanol–water partition coefficient (Wildman–Crippen LogP) is 11.0. The molecule has 0 saturated carbocycles. The Morgan fingerprint density at radius 2 is 0.806 bits per heavy atom. The van der Waals surface area contributed by atoms with E-state index in [1.807, 2.05) is 0 Å². The minimum atomic E-state index is 1.12. The van der Waals surface area contributed by atoms with Crippen LogP contribution in [-0.2, 0) is 0 Å². The molecule has 0 spiro atoms. The lowest BCUT2D eigenvalue weighted by atomic mass is 10.0. The molecule has 0 fully saturated rings. The van der Waals surface area contributed by atoms with E-state index in [0.29, 0.717) is 0 Å². The summed E-state index contributed by atoms with van der Waals surface area (Å²) in [5.41, 5.74) is 0. The van der Waals surface area contributed by atoms with Crippen LogP contribution in [0.15, 0.2) is 24.6 Å². The van der Waals surface area contributed by atoms with Crippen molar-refractivity contribution in [3.63, 3.8) is 0 Å². The summed E-state index contributed by atoms with van der Waals surface area (Å²) >= 11 is 0. The highest BCUT2D eigenvalue weighted by molar-refractivity contribution is 4.91. The molecule has 0 aliphatic heterocycles. The number of hydrogen-bond donors (Lipinski definition) is 0. The first-order valence-electron chi connectivity index (χ1n) is 14.4. The first-order valence-corrected chi connectivity index (χ1v) is 14.4. The highest BCUT2D eigenvalue weighted by Gasteiger charge is 1.97. The Morgan fingerprint density at radius 3 is 1.26 bits per heavy atom. The van der Waals surface area contributed by atoms with Gasteiger partial charge in [-0.25, -0.2) is 0 Å². The molecule has 0 atom stereocenters. The Balaban J connectivity index is 3.50. The van der Waals surface area contributed by atoms with E-state index in [1.54, 1.807) is 0 Å². The summed E-state index contributed by atoms with van der Waals surface area (Å²) in [4.78, 5) is 2.41. The Bertz CT molecular complexity index is 371. The average molecular weight is 434 g/mol. The second-order valence-electron chi connectivity index (χ2n) is 9.57. The fourth-order valence-corrected chi connectivity index (χ4v) is 4.18. The fourth-order valence-electron chi connectivity index (χ4n) is 4.18. The molecule has 1 nitrogen and oxygen atoms in total. The van der Waals surface area contributed by atoms with Gasteiger partial charge in [0.05, 0.1) is 0 Å². The van der Waals surface area contributed by atoms with Gasteiger partial charge >= 0.3 is 0 Å². The Hall–Kier alpha value is -0.720. The van der Waals surface area contributed by atoms with Gasteiger partial charge in [-0.3, -0.25) is 0 Å². The van der Waals surface area contributed by atoms with Crippen LogP contribution in [0.25, 0.3) is 0 Å². The summed E-state index contributed by atoms with van der Waals surface area (Å²) in [6, 6.07) is 0.